The first-order valence-corrected chi connectivity index (χ1v) is 8.51. The van der Waals surface area contributed by atoms with E-state index in [9.17, 15) is 19.7 Å². The van der Waals surface area contributed by atoms with Crippen molar-refractivity contribution in [2.24, 2.45) is 5.16 Å². The Hall–Kier alpha value is -4.27. The number of oxime groups is 1. The van der Waals surface area contributed by atoms with Gasteiger partial charge in [0, 0.05) is 23.5 Å². The van der Waals surface area contributed by atoms with Crippen LogP contribution < -0.4 is 10.6 Å². The van der Waals surface area contributed by atoms with Gasteiger partial charge in [-0.1, -0.05) is 41.6 Å². The Balaban J connectivity index is 1.46. The predicted octanol–water partition coefficient (Wildman–Crippen LogP) is 3.33. The highest BCUT2D eigenvalue weighted by Crippen LogP contribution is 2.19. The lowest BCUT2D eigenvalue weighted by Gasteiger charge is -2.06. The lowest BCUT2D eigenvalue weighted by atomic mass is 10.1. The summed E-state index contributed by atoms with van der Waals surface area (Å²) in [6.45, 7) is -0.382. The smallest absolute Gasteiger partial charge is 0.271 e. The van der Waals surface area contributed by atoms with Crippen molar-refractivity contribution in [2.45, 2.75) is 0 Å². The number of non-ortho nitro benzene ring substituents is 1. The van der Waals surface area contributed by atoms with Crippen molar-refractivity contribution in [3.8, 4) is 0 Å². The van der Waals surface area contributed by atoms with E-state index in [0.29, 0.717) is 5.69 Å². The fourth-order valence-electron chi connectivity index (χ4n) is 2.52. The molecule has 0 radical (unpaired) electrons. The van der Waals surface area contributed by atoms with Crippen LogP contribution in [-0.4, -0.2) is 29.6 Å². The molecule has 3 aromatic rings. The molecule has 0 aliphatic heterocycles. The molecule has 0 spiro atoms. The minimum absolute atomic E-state index is 0.152. The molecule has 0 fully saturated rings. The van der Waals surface area contributed by atoms with Crippen LogP contribution >= 0.6 is 0 Å². The summed E-state index contributed by atoms with van der Waals surface area (Å²) in [7, 11) is 0. The second-order valence-corrected chi connectivity index (χ2v) is 5.91. The molecule has 146 valence electrons. The van der Waals surface area contributed by atoms with E-state index >= 15 is 0 Å². The molecule has 9 heteroatoms. The van der Waals surface area contributed by atoms with Crippen molar-refractivity contribution in [1.82, 2.24) is 0 Å². The monoisotopic (exact) mass is 392 g/mol. The Morgan fingerprint density at radius 3 is 2.52 bits per heavy atom. The molecule has 29 heavy (non-hydrogen) atoms. The molecule has 3 rings (SSSR count). The number of nitrogens with one attached hydrogen (secondary N) is 2. The van der Waals surface area contributed by atoms with Crippen LogP contribution in [0, 0.1) is 10.1 Å². The number of nitrogens with zero attached hydrogens (tertiary/aromatic N) is 2. The summed E-state index contributed by atoms with van der Waals surface area (Å²) in [5.41, 5.74) is 0.704. The van der Waals surface area contributed by atoms with Gasteiger partial charge in [-0.05, 0) is 29.0 Å². The van der Waals surface area contributed by atoms with Crippen molar-refractivity contribution in [2.75, 3.05) is 17.2 Å². The number of carbonyl (C=O) groups excluding carboxylic acids is 2. The highest BCUT2D eigenvalue weighted by Gasteiger charge is 2.07. The Labute approximate surface area is 165 Å². The molecule has 0 aromatic heterocycles. The van der Waals surface area contributed by atoms with Gasteiger partial charge in [-0.15, -0.1) is 0 Å². The van der Waals surface area contributed by atoms with Gasteiger partial charge in [-0.3, -0.25) is 19.7 Å². The van der Waals surface area contributed by atoms with Gasteiger partial charge >= 0.3 is 0 Å². The van der Waals surface area contributed by atoms with Gasteiger partial charge < -0.3 is 15.5 Å². The van der Waals surface area contributed by atoms with Gasteiger partial charge in [-0.25, -0.2) is 0 Å². The SMILES string of the molecule is O=C(/C=N\OCC(=O)Nc1ccc2ccccc2c1)Nc1cccc([N+](=O)[O-])c1. The molecule has 0 atom stereocenters. The zero-order chi connectivity index (χ0) is 20.6. The number of nitro groups is 1. The Bertz CT molecular complexity index is 1100. The van der Waals surface area contributed by atoms with E-state index in [1.54, 1.807) is 6.07 Å². The van der Waals surface area contributed by atoms with Gasteiger partial charge in [0.1, 0.15) is 6.21 Å². The Morgan fingerprint density at radius 1 is 0.966 bits per heavy atom. The second-order valence-electron chi connectivity index (χ2n) is 5.91. The first-order chi connectivity index (χ1) is 14.0. The zero-order valence-electron chi connectivity index (χ0n) is 15.1. The maximum absolute atomic E-state index is 11.9. The van der Waals surface area contributed by atoms with Crippen LogP contribution in [0.25, 0.3) is 10.8 Å². The van der Waals surface area contributed by atoms with E-state index < -0.39 is 16.7 Å². The standard InChI is InChI=1S/C20H16N4O5/c25-19(22-16-6-3-7-18(11-16)24(27)28)12-21-29-13-20(26)23-17-9-8-14-4-1-2-5-15(14)10-17/h1-12H,13H2,(H,22,25)(H,23,26)/b21-12-. The number of anilines is 2. The average molecular weight is 392 g/mol. The molecule has 0 aliphatic rings. The van der Waals surface area contributed by atoms with Crippen LogP contribution in [0.5, 0.6) is 0 Å². The first-order valence-electron chi connectivity index (χ1n) is 8.51. The number of hydrogen-bond acceptors (Lipinski definition) is 6. The van der Waals surface area contributed by atoms with Crippen LogP contribution in [0.1, 0.15) is 0 Å². The highest BCUT2D eigenvalue weighted by molar-refractivity contribution is 6.31. The van der Waals surface area contributed by atoms with Gasteiger partial charge in [0.25, 0.3) is 17.5 Å². The van der Waals surface area contributed by atoms with Crippen LogP contribution in [0.2, 0.25) is 0 Å². The summed E-state index contributed by atoms with van der Waals surface area (Å²) in [5.74, 6) is -1.09. The lowest BCUT2D eigenvalue weighted by Crippen LogP contribution is -2.18. The third-order valence-electron chi connectivity index (χ3n) is 3.80. The fourth-order valence-corrected chi connectivity index (χ4v) is 2.52. The van der Waals surface area contributed by atoms with Gasteiger partial charge in [0.15, 0.2) is 6.61 Å². The largest absolute Gasteiger partial charge is 0.385 e. The van der Waals surface area contributed by atoms with Crippen molar-refractivity contribution in [1.29, 1.82) is 0 Å². The van der Waals surface area contributed by atoms with Gasteiger partial charge in [-0.2, -0.15) is 0 Å². The van der Waals surface area contributed by atoms with Crippen LogP contribution in [0.15, 0.2) is 71.9 Å². The van der Waals surface area contributed by atoms with Gasteiger partial charge in [0.05, 0.1) is 4.92 Å². The predicted molar refractivity (Wildman–Crippen MR) is 109 cm³/mol. The summed E-state index contributed by atoms with van der Waals surface area (Å²) in [6, 6.07) is 18.7. The quantitative estimate of drug-likeness (QED) is 0.363. The maximum atomic E-state index is 11.9. The second kappa shape index (κ2) is 9.09. The minimum atomic E-state index is -0.652. The summed E-state index contributed by atoms with van der Waals surface area (Å²) in [4.78, 5) is 38.6. The molecule has 0 saturated carbocycles. The summed E-state index contributed by atoms with van der Waals surface area (Å²) in [5, 5.41) is 21.3. The molecule has 0 unspecified atom stereocenters. The minimum Gasteiger partial charge on any atom is -0.385 e. The number of fused-ring (bicyclic) bond motifs is 1. The van der Waals surface area contributed by atoms with Crippen molar-refractivity contribution >= 4 is 45.9 Å². The van der Waals surface area contributed by atoms with E-state index in [-0.39, 0.29) is 18.0 Å². The molecule has 0 bridgehead atoms. The van der Waals surface area contributed by atoms with Crippen LogP contribution in [-0.2, 0) is 14.4 Å². The topological polar surface area (TPSA) is 123 Å². The van der Waals surface area contributed by atoms with E-state index in [4.69, 9.17) is 4.84 Å². The lowest BCUT2D eigenvalue weighted by molar-refractivity contribution is -0.384. The summed E-state index contributed by atoms with van der Waals surface area (Å²) >= 11 is 0. The summed E-state index contributed by atoms with van der Waals surface area (Å²) in [6.07, 6.45) is 0.835. The third-order valence-corrected chi connectivity index (χ3v) is 3.80. The number of nitro benzene ring substituents is 1. The van der Waals surface area contributed by atoms with E-state index in [0.717, 1.165) is 17.0 Å². The average Bonchev–Trinajstić information content (AvgIpc) is 2.71. The Morgan fingerprint density at radius 2 is 1.72 bits per heavy atom. The molecule has 2 N–H and O–H groups in total. The summed E-state index contributed by atoms with van der Waals surface area (Å²) < 4.78 is 0. The van der Waals surface area contributed by atoms with Crippen LogP contribution in [0.3, 0.4) is 0 Å². The van der Waals surface area contributed by atoms with E-state index in [1.807, 2.05) is 36.4 Å². The number of carbonyl (C=O) groups is 2. The highest BCUT2D eigenvalue weighted by atomic mass is 16.6. The number of hydrogen-bond donors (Lipinski definition) is 2. The number of amides is 2. The molecule has 9 nitrogen and oxygen atoms in total. The molecule has 3 aromatic carbocycles. The first kappa shape index (κ1) is 19.5. The number of benzene rings is 3. The molecule has 0 aliphatic carbocycles. The van der Waals surface area contributed by atoms with E-state index in [2.05, 4.69) is 15.8 Å². The van der Waals surface area contributed by atoms with Crippen molar-refractivity contribution in [3.05, 3.63) is 76.8 Å². The van der Waals surface area contributed by atoms with Crippen molar-refractivity contribution in [3.63, 3.8) is 0 Å². The normalized spacial score (nSPS) is 10.6. The number of rotatable bonds is 7. The molecule has 2 amide bonds. The molecule has 0 heterocycles. The third kappa shape index (κ3) is 5.60. The van der Waals surface area contributed by atoms with Crippen LogP contribution in [0.4, 0.5) is 17.1 Å². The molecule has 0 saturated heterocycles. The van der Waals surface area contributed by atoms with E-state index in [1.165, 1.54) is 24.3 Å². The zero-order valence-corrected chi connectivity index (χ0v) is 15.1. The van der Waals surface area contributed by atoms with Crippen molar-refractivity contribution < 1.29 is 19.3 Å². The molecular weight excluding hydrogens is 376 g/mol. The Kier molecular flexibility index (Phi) is 6.11. The van der Waals surface area contributed by atoms with Gasteiger partial charge in [0.2, 0.25) is 0 Å². The molecular formula is C20H16N4O5. The maximum Gasteiger partial charge on any atom is 0.271 e. The fraction of sp³-hybridized carbons (Fsp3) is 0.0500.